The largest absolute Gasteiger partial charge is 0.324 e. The average Bonchev–Trinajstić information content (AvgIpc) is 2.97. The summed E-state index contributed by atoms with van der Waals surface area (Å²) in [6.07, 6.45) is 7.00. The van der Waals surface area contributed by atoms with Crippen molar-refractivity contribution < 1.29 is 4.79 Å². The number of nitrogens with one attached hydrogen (secondary N) is 1. The van der Waals surface area contributed by atoms with Gasteiger partial charge in [-0.05, 0) is 24.3 Å². The number of carbonyl (C=O) groups is 1. The summed E-state index contributed by atoms with van der Waals surface area (Å²) in [5.41, 5.74) is 2.40. The molecule has 0 aliphatic heterocycles. The van der Waals surface area contributed by atoms with E-state index in [0.29, 0.717) is 5.69 Å². The summed E-state index contributed by atoms with van der Waals surface area (Å²) in [5, 5.41) is 5.55. The molecule has 0 saturated carbocycles. The van der Waals surface area contributed by atoms with E-state index in [-0.39, 0.29) is 12.3 Å². The molecule has 5 nitrogen and oxygen atoms in total. The minimum atomic E-state index is -0.106. The third-order valence-corrected chi connectivity index (χ3v) is 3.69. The first-order valence-electron chi connectivity index (χ1n) is 6.36. The Morgan fingerprint density at radius 3 is 2.67 bits per heavy atom. The van der Waals surface area contributed by atoms with Crippen LogP contribution in [0.25, 0.3) is 10.6 Å². The molecule has 0 aliphatic rings. The standard InChI is InChI=1S/C15H12N4OS/c20-14(18-12-4-2-6-17-9-12)7-13-10-21-15(19-13)11-3-1-5-16-8-11/h1-6,8-10H,7H2,(H,18,20). The maximum absolute atomic E-state index is 11.9. The van der Waals surface area contributed by atoms with Gasteiger partial charge in [0, 0.05) is 29.5 Å². The van der Waals surface area contributed by atoms with Crippen molar-refractivity contribution in [3.8, 4) is 10.6 Å². The number of hydrogen-bond donors (Lipinski definition) is 1. The number of anilines is 1. The van der Waals surface area contributed by atoms with Crippen LogP contribution in [-0.4, -0.2) is 20.9 Å². The topological polar surface area (TPSA) is 67.8 Å². The third kappa shape index (κ3) is 3.49. The molecule has 1 amide bonds. The summed E-state index contributed by atoms with van der Waals surface area (Å²) >= 11 is 1.51. The van der Waals surface area contributed by atoms with Crippen LogP contribution < -0.4 is 5.32 Å². The molecule has 104 valence electrons. The predicted octanol–water partition coefficient (Wildman–Crippen LogP) is 2.78. The molecule has 0 radical (unpaired) electrons. The van der Waals surface area contributed by atoms with Gasteiger partial charge in [-0.25, -0.2) is 4.98 Å². The zero-order chi connectivity index (χ0) is 14.5. The van der Waals surface area contributed by atoms with Crippen LogP contribution in [0.2, 0.25) is 0 Å². The number of rotatable bonds is 4. The molecule has 3 rings (SSSR count). The predicted molar refractivity (Wildman–Crippen MR) is 81.9 cm³/mol. The minimum Gasteiger partial charge on any atom is -0.324 e. The van der Waals surface area contributed by atoms with Crippen LogP contribution in [0.4, 0.5) is 5.69 Å². The molecule has 3 heterocycles. The fraction of sp³-hybridized carbons (Fsp3) is 0.0667. The zero-order valence-electron chi connectivity index (χ0n) is 11.1. The summed E-state index contributed by atoms with van der Waals surface area (Å²) in [7, 11) is 0. The van der Waals surface area contributed by atoms with E-state index in [0.717, 1.165) is 16.3 Å². The lowest BCUT2D eigenvalue weighted by Gasteiger charge is -2.02. The summed E-state index contributed by atoms with van der Waals surface area (Å²) in [5.74, 6) is -0.106. The van der Waals surface area contributed by atoms with Gasteiger partial charge in [-0.1, -0.05) is 0 Å². The molecule has 6 heteroatoms. The lowest BCUT2D eigenvalue weighted by atomic mass is 10.3. The van der Waals surface area contributed by atoms with Gasteiger partial charge in [-0.2, -0.15) is 0 Å². The molecule has 0 aromatic carbocycles. The van der Waals surface area contributed by atoms with Crippen LogP contribution in [0.5, 0.6) is 0 Å². The molecule has 0 fully saturated rings. The van der Waals surface area contributed by atoms with Gasteiger partial charge in [0.25, 0.3) is 0 Å². The number of pyridine rings is 2. The van der Waals surface area contributed by atoms with E-state index in [1.165, 1.54) is 11.3 Å². The molecule has 0 atom stereocenters. The average molecular weight is 296 g/mol. The summed E-state index contributed by atoms with van der Waals surface area (Å²) in [6, 6.07) is 7.39. The molecular formula is C15H12N4OS. The van der Waals surface area contributed by atoms with Gasteiger partial charge in [0.2, 0.25) is 5.91 Å². The lowest BCUT2D eigenvalue weighted by molar-refractivity contribution is -0.115. The Balaban J connectivity index is 1.66. The van der Waals surface area contributed by atoms with Crippen molar-refractivity contribution in [2.75, 3.05) is 5.32 Å². The SMILES string of the molecule is O=C(Cc1csc(-c2cccnc2)n1)Nc1cccnc1. The lowest BCUT2D eigenvalue weighted by Crippen LogP contribution is -2.14. The first-order chi connectivity index (χ1) is 10.3. The zero-order valence-corrected chi connectivity index (χ0v) is 11.9. The molecular weight excluding hydrogens is 284 g/mol. The van der Waals surface area contributed by atoms with E-state index in [9.17, 15) is 4.79 Å². The van der Waals surface area contributed by atoms with Crippen LogP contribution in [0.3, 0.4) is 0 Å². The van der Waals surface area contributed by atoms with Crippen molar-refractivity contribution in [3.63, 3.8) is 0 Å². The molecule has 3 aromatic rings. The van der Waals surface area contributed by atoms with E-state index in [1.807, 2.05) is 17.5 Å². The van der Waals surface area contributed by atoms with E-state index in [2.05, 4.69) is 20.3 Å². The maximum atomic E-state index is 11.9. The molecule has 0 saturated heterocycles. The van der Waals surface area contributed by atoms with Crippen LogP contribution >= 0.6 is 11.3 Å². The number of amides is 1. The number of thiazole rings is 1. The second kappa shape index (κ2) is 6.23. The Morgan fingerprint density at radius 2 is 1.95 bits per heavy atom. The van der Waals surface area contributed by atoms with Gasteiger partial charge in [-0.15, -0.1) is 11.3 Å². The van der Waals surface area contributed by atoms with Gasteiger partial charge in [0.1, 0.15) is 5.01 Å². The van der Waals surface area contributed by atoms with Gasteiger partial charge in [0.15, 0.2) is 0 Å². The molecule has 0 aliphatic carbocycles. The van der Waals surface area contributed by atoms with Gasteiger partial charge in [-0.3, -0.25) is 14.8 Å². The number of nitrogens with zero attached hydrogens (tertiary/aromatic N) is 3. The van der Waals surface area contributed by atoms with E-state index >= 15 is 0 Å². The molecule has 0 unspecified atom stereocenters. The van der Waals surface area contributed by atoms with Crippen molar-refractivity contribution >= 4 is 22.9 Å². The fourth-order valence-corrected chi connectivity index (χ4v) is 2.63. The van der Waals surface area contributed by atoms with E-state index in [4.69, 9.17) is 0 Å². The Kier molecular flexibility index (Phi) is 3.97. The summed E-state index contributed by atoms with van der Waals surface area (Å²) in [6.45, 7) is 0. The van der Waals surface area contributed by atoms with Crippen LogP contribution in [0, 0.1) is 0 Å². The minimum absolute atomic E-state index is 0.106. The molecule has 21 heavy (non-hydrogen) atoms. The van der Waals surface area contributed by atoms with E-state index < -0.39 is 0 Å². The molecule has 3 aromatic heterocycles. The monoisotopic (exact) mass is 296 g/mol. The smallest absolute Gasteiger partial charge is 0.230 e. The quantitative estimate of drug-likeness (QED) is 0.804. The highest BCUT2D eigenvalue weighted by Gasteiger charge is 2.09. The summed E-state index contributed by atoms with van der Waals surface area (Å²) < 4.78 is 0. The van der Waals surface area contributed by atoms with Crippen molar-refractivity contribution in [2.45, 2.75) is 6.42 Å². The normalized spacial score (nSPS) is 10.3. The first kappa shape index (κ1) is 13.4. The van der Waals surface area contributed by atoms with Crippen LogP contribution in [0.1, 0.15) is 5.69 Å². The molecule has 0 bridgehead atoms. The second-order valence-corrected chi connectivity index (χ2v) is 5.21. The fourth-order valence-electron chi connectivity index (χ4n) is 1.82. The van der Waals surface area contributed by atoms with Crippen molar-refractivity contribution in [2.24, 2.45) is 0 Å². The maximum Gasteiger partial charge on any atom is 0.230 e. The number of aromatic nitrogens is 3. The Bertz CT molecular complexity index is 728. The number of carbonyl (C=O) groups excluding carboxylic acids is 1. The Hall–Kier alpha value is -2.60. The van der Waals surface area contributed by atoms with Gasteiger partial charge in [0.05, 0.1) is 24.0 Å². The van der Waals surface area contributed by atoms with E-state index in [1.54, 1.807) is 36.9 Å². The van der Waals surface area contributed by atoms with Gasteiger partial charge >= 0.3 is 0 Å². The van der Waals surface area contributed by atoms with Crippen molar-refractivity contribution in [3.05, 3.63) is 60.1 Å². The van der Waals surface area contributed by atoms with Crippen molar-refractivity contribution in [1.29, 1.82) is 0 Å². The van der Waals surface area contributed by atoms with Crippen LogP contribution in [-0.2, 0) is 11.2 Å². The summed E-state index contributed by atoms with van der Waals surface area (Å²) in [4.78, 5) is 24.4. The third-order valence-electron chi connectivity index (χ3n) is 2.75. The second-order valence-electron chi connectivity index (χ2n) is 4.35. The van der Waals surface area contributed by atoms with Crippen LogP contribution in [0.15, 0.2) is 54.4 Å². The van der Waals surface area contributed by atoms with Crippen molar-refractivity contribution in [1.82, 2.24) is 15.0 Å². The Morgan fingerprint density at radius 1 is 1.14 bits per heavy atom. The molecule has 1 N–H and O–H groups in total. The van der Waals surface area contributed by atoms with Gasteiger partial charge < -0.3 is 5.32 Å². The number of hydrogen-bond acceptors (Lipinski definition) is 5. The first-order valence-corrected chi connectivity index (χ1v) is 7.24. The highest BCUT2D eigenvalue weighted by molar-refractivity contribution is 7.13. The molecule has 0 spiro atoms. The Labute approximate surface area is 125 Å². The highest BCUT2D eigenvalue weighted by Crippen LogP contribution is 2.22. The highest BCUT2D eigenvalue weighted by atomic mass is 32.1.